The van der Waals surface area contributed by atoms with Crippen LogP contribution in [0.1, 0.15) is 12.5 Å². The van der Waals surface area contributed by atoms with Crippen LogP contribution in [0.4, 0.5) is 4.39 Å². The van der Waals surface area contributed by atoms with Crippen molar-refractivity contribution >= 4 is 12.2 Å². The van der Waals surface area contributed by atoms with E-state index in [4.69, 9.17) is 12.2 Å². The van der Waals surface area contributed by atoms with Gasteiger partial charge in [-0.05, 0) is 42.9 Å². The standard InChI is InChI=1S/C12H11FN2O2S/c1-2-9-10(16)14-12(18)15(11(9)17)8-5-3-7(13)4-6-8/h3-6,17H,2H2,1H3,(H,14,16,18). The maximum absolute atomic E-state index is 12.9. The Bertz CT molecular complexity index is 689. The first kappa shape index (κ1) is 12.5. The molecule has 4 nitrogen and oxygen atoms in total. The molecule has 0 aliphatic heterocycles. The summed E-state index contributed by atoms with van der Waals surface area (Å²) in [4.78, 5) is 14.1. The van der Waals surface area contributed by atoms with Gasteiger partial charge in [0, 0.05) is 0 Å². The second-order valence-electron chi connectivity index (χ2n) is 3.73. The highest BCUT2D eigenvalue weighted by Crippen LogP contribution is 2.19. The Labute approximate surface area is 107 Å². The highest BCUT2D eigenvalue weighted by molar-refractivity contribution is 7.71. The minimum Gasteiger partial charge on any atom is -0.494 e. The molecular formula is C12H11FN2O2S. The minimum atomic E-state index is -0.404. The van der Waals surface area contributed by atoms with Gasteiger partial charge in [0.15, 0.2) is 4.77 Å². The van der Waals surface area contributed by atoms with Crippen LogP contribution in [-0.4, -0.2) is 14.7 Å². The molecule has 0 saturated carbocycles. The normalized spacial score (nSPS) is 10.6. The lowest BCUT2D eigenvalue weighted by Gasteiger charge is -2.11. The predicted molar refractivity (Wildman–Crippen MR) is 68.2 cm³/mol. The van der Waals surface area contributed by atoms with Gasteiger partial charge in [-0.3, -0.25) is 14.3 Å². The second-order valence-corrected chi connectivity index (χ2v) is 4.11. The van der Waals surface area contributed by atoms with Crippen LogP contribution in [0.3, 0.4) is 0 Å². The third-order valence-electron chi connectivity index (χ3n) is 2.62. The third-order valence-corrected chi connectivity index (χ3v) is 2.90. The van der Waals surface area contributed by atoms with E-state index < -0.39 is 5.56 Å². The Morgan fingerprint density at radius 3 is 2.56 bits per heavy atom. The highest BCUT2D eigenvalue weighted by atomic mass is 32.1. The van der Waals surface area contributed by atoms with E-state index in [1.165, 1.54) is 28.8 Å². The molecule has 1 heterocycles. The monoisotopic (exact) mass is 266 g/mol. The molecule has 0 radical (unpaired) electrons. The smallest absolute Gasteiger partial charge is 0.258 e. The molecule has 0 amide bonds. The summed E-state index contributed by atoms with van der Waals surface area (Å²) in [6.07, 6.45) is 0.373. The molecule has 2 N–H and O–H groups in total. The van der Waals surface area contributed by atoms with Gasteiger partial charge in [0.05, 0.1) is 11.3 Å². The number of benzene rings is 1. The molecule has 0 aliphatic carbocycles. The number of aromatic amines is 1. The van der Waals surface area contributed by atoms with E-state index in [9.17, 15) is 14.3 Å². The van der Waals surface area contributed by atoms with Crippen LogP contribution >= 0.6 is 12.2 Å². The number of H-pyrrole nitrogens is 1. The van der Waals surface area contributed by atoms with Gasteiger partial charge in [-0.25, -0.2) is 4.39 Å². The van der Waals surface area contributed by atoms with Gasteiger partial charge in [-0.15, -0.1) is 0 Å². The summed E-state index contributed by atoms with van der Waals surface area (Å²) in [5.41, 5.74) is 0.330. The molecule has 0 aliphatic rings. The molecule has 6 heteroatoms. The highest BCUT2D eigenvalue weighted by Gasteiger charge is 2.12. The van der Waals surface area contributed by atoms with Crippen LogP contribution in [0.5, 0.6) is 5.88 Å². The SMILES string of the molecule is CCc1c(O)n(-c2ccc(F)cc2)c(=S)[nH]c1=O. The number of nitrogens with one attached hydrogen (secondary N) is 1. The zero-order valence-electron chi connectivity index (χ0n) is 9.61. The first-order chi connectivity index (χ1) is 8.54. The maximum Gasteiger partial charge on any atom is 0.258 e. The number of rotatable bonds is 2. The Morgan fingerprint density at radius 1 is 1.39 bits per heavy atom. The average molecular weight is 266 g/mol. The van der Waals surface area contributed by atoms with E-state index in [0.29, 0.717) is 12.1 Å². The number of nitrogens with zero attached hydrogens (tertiary/aromatic N) is 1. The molecular weight excluding hydrogens is 255 g/mol. The number of aromatic nitrogens is 2. The first-order valence-corrected chi connectivity index (χ1v) is 5.78. The van der Waals surface area contributed by atoms with Crippen LogP contribution in [0, 0.1) is 10.6 Å². The number of aromatic hydroxyl groups is 1. The fraction of sp³-hybridized carbons (Fsp3) is 0.167. The summed E-state index contributed by atoms with van der Waals surface area (Å²) in [5, 5.41) is 10.1. The Balaban J connectivity index is 2.75. The van der Waals surface area contributed by atoms with Crippen LogP contribution in [0.2, 0.25) is 0 Å². The summed E-state index contributed by atoms with van der Waals surface area (Å²) >= 11 is 5.00. The average Bonchev–Trinajstić information content (AvgIpc) is 2.31. The summed E-state index contributed by atoms with van der Waals surface area (Å²) in [6, 6.07) is 5.46. The largest absolute Gasteiger partial charge is 0.494 e. The van der Waals surface area contributed by atoms with Gasteiger partial charge < -0.3 is 5.11 Å². The number of hydrogen-bond acceptors (Lipinski definition) is 3. The van der Waals surface area contributed by atoms with Crippen molar-refractivity contribution in [2.24, 2.45) is 0 Å². The molecule has 2 aromatic rings. The minimum absolute atomic E-state index is 0.0707. The molecule has 94 valence electrons. The topological polar surface area (TPSA) is 58.0 Å². The summed E-state index contributed by atoms with van der Waals surface area (Å²) < 4.78 is 14.2. The third kappa shape index (κ3) is 2.06. The molecule has 0 fully saturated rings. The van der Waals surface area contributed by atoms with E-state index in [0.717, 1.165) is 0 Å². The molecule has 1 aromatic heterocycles. The molecule has 1 aromatic carbocycles. The van der Waals surface area contributed by atoms with Crippen LogP contribution < -0.4 is 5.56 Å². The van der Waals surface area contributed by atoms with Crippen LogP contribution in [-0.2, 0) is 6.42 Å². The van der Waals surface area contributed by atoms with Crippen LogP contribution in [0.15, 0.2) is 29.1 Å². The van der Waals surface area contributed by atoms with Gasteiger partial charge in [0.2, 0.25) is 5.88 Å². The van der Waals surface area contributed by atoms with Crippen molar-refractivity contribution in [3.8, 4) is 11.6 Å². The zero-order chi connectivity index (χ0) is 13.3. The lowest BCUT2D eigenvalue weighted by Crippen LogP contribution is -2.17. The van der Waals surface area contributed by atoms with E-state index in [1.54, 1.807) is 6.92 Å². The molecule has 18 heavy (non-hydrogen) atoms. The molecule has 2 rings (SSSR count). The van der Waals surface area contributed by atoms with Crippen molar-refractivity contribution in [3.05, 3.63) is 50.8 Å². The Hall–Kier alpha value is -1.95. The van der Waals surface area contributed by atoms with Crippen LogP contribution in [0.25, 0.3) is 5.69 Å². The molecule has 0 atom stereocenters. The van der Waals surface area contributed by atoms with Crippen molar-refractivity contribution in [1.29, 1.82) is 0 Å². The van der Waals surface area contributed by atoms with Gasteiger partial charge >= 0.3 is 0 Å². The summed E-state index contributed by atoms with van der Waals surface area (Å²) in [7, 11) is 0. The Kier molecular flexibility index (Phi) is 3.29. The number of halogens is 1. The van der Waals surface area contributed by atoms with Crippen molar-refractivity contribution in [1.82, 2.24) is 9.55 Å². The molecule has 0 spiro atoms. The zero-order valence-corrected chi connectivity index (χ0v) is 10.4. The van der Waals surface area contributed by atoms with Crippen molar-refractivity contribution < 1.29 is 9.50 Å². The Morgan fingerprint density at radius 2 is 2.00 bits per heavy atom. The summed E-state index contributed by atoms with van der Waals surface area (Å²) in [5.74, 6) is -0.595. The van der Waals surface area contributed by atoms with E-state index >= 15 is 0 Å². The predicted octanol–water partition coefficient (Wildman–Crippen LogP) is 2.30. The van der Waals surface area contributed by atoms with Crippen molar-refractivity contribution in [2.45, 2.75) is 13.3 Å². The number of hydrogen-bond donors (Lipinski definition) is 2. The van der Waals surface area contributed by atoms with E-state index in [-0.39, 0.29) is 22.0 Å². The lowest BCUT2D eigenvalue weighted by atomic mass is 10.2. The fourth-order valence-corrected chi connectivity index (χ4v) is 1.99. The molecule has 0 saturated heterocycles. The summed E-state index contributed by atoms with van der Waals surface area (Å²) in [6.45, 7) is 1.75. The fourth-order valence-electron chi connectivity index (χ4n) is 1.71. The quantitative estimate of drug-likeness (QED) is 0.820. The van der Waals surface area contributed by atoms with Crippen molar-refractivity contribution in [3.63, 3.8) is 0 Å². The second kappa shape index (κ2) is 4.73. The van der Waals surface area contributed by atoms with Gasteiger partial charge in [0.25, 0.3) is 5.56 Å². The van der Waals surface area contributed by atoms with Gasteiger partial charge in [0.1, 0.15) is 5.82 Å². The van der Waals surface area contributed by atoms with Gasteiger partial charge in [-0.1, -0.05) is 6.92 Å². The van der Waals surface area contributed by atoms with E-state index in [1.807, 2.05) is 0 Å². The van der Waals surface area contributed by atoms with E-state index in [2.05, 4.69) is 4.98 Å². The lowest BCUT2D eigenvalue weighted by molar-refractivity contribution is 0.426. The first-order valence-electron chi connectivity index (χ1n) is 5.37. The van der Waals surface area contributed by atoms with Gasteiger partial charge in [-0.2, -0.15) is 0 Å². The molecule has 0 unspecified atom stereocenters. The van der Waals surface area contributed by atoms with Crippen molar-refractivity contribution in [2.75, 3.05) is 0 Å². The maximum atomic E-state index is 12.9. The molecule has 0 bridgehead atoms.